The summed E-state index contributed by atoms with van der Waals surface area (Å²) in [7, 11) is 0. The Bertz CT molecular complexity index is 625. The molecule has 0 radical (unpaired) electrons. The van der Waals surface area contributed by atoms with Crippen LogP contribution < -0.4 is 10.2 Å². The van der Waals surface area contributed by atoms with Crippen molar-refractivity contribution in [1.29, 1.82) is 5.26 Å². The second-order valence-electron chi connectivity index (χ2n) is 4.78. The fraction of sp³-hybridized carbons (Fsp3) is 0.250. The van der Waals surface area contributed by atoms with Crippen LogP contribution in [-0.4, -0.2) is 31.2 Å². The Morgan fingerprint density at radius 1 is 1.05 bits per heavy atom. The van der Waals surface area contributed by atoms with Gasteiger partial charge in [-0.2, -0.15) is 5.26 Å². The maximum Gasteiger partial charge on any atom is 0.147 e. The zero-order valence-corrected chi connectivity index (χ0v) is 11.2. The third-order valence-corrected chi connectivity index (χ3v) is 3.48. The number of nitrogens with zero attached hydrogens (tertiary/aromatic N) is 3. The standard InChI is InChI=1S/C16H16N4/c17-12-14-6-7-15(13-4-2-1-3-5-13)19-16(14)20-10-8-18-9-11-20/h1-7,18H,8-11H2. The van der Waals surface area contributed by atoms with Crippen LogP contribution in [-0.2, 0) is 0 Å². The molecular weight excluding hydrogens is 248 g/mol. The van der Waals surface area contributed by atoms with Crippen molar-refractivity contribution in [1.82, 2.24) is 10.3 Å². The van der Waals surface area contributed by atoms with Crippen molar-refractivity contribution in [2.75, 3.05) is 31.1 Å². The highest BCUT2D eigenvalue weighted by Gasteiger charge is 2.16. The van der Waals surface area contributed by atoms with E-state index in [1.165, 1.54) is 0 Å². The Kier molecular flexibility index (Phi) is 3.62. The van der Waals surface area contributed by atoms with E-state index in [1.54, 1.807) is 0 Å². The number of pyridine rings is 1. The fourth-order valence-corrected chi connectivity index (χ4v) is 2.42. The van der Waals surface area contributed by atoms with E-state index in [9.17, 15) is 5.26 Å². The van der Waals surface area contributed by atoms with E-state index in [4.69, 9.17) is 4.98 Å². The molecular formula is C16H16N4. The van der Waals surface area contributed by atoms with Crippen molar-refractivity contribution in [2.24, 2.45) is 0 Å². The van der Waals surface area contributed by atoms with Crippen LogP contribution in [0.15, 0.2) is 42.5 Å². The fourth-order valence-electron chi connectivity index (χ4n) is 2.42. The molecule has 1 aromatic heterocycles. The number of aromatic nitrogens is 1. The minimum Gasteiger partial charge on any atom is -0.353 e. The van der Waals surface area contributed by atoms with E-state index in [-0.39, 0.29) is 0 Å². The van der Waals surface area contributed by atoms with Crippen molar-refractivity contribution in [3.8, 4) is 17.3 Å². The van der Waals surface area contributed by atoms with Gasteiger partial charge in [-0.05, 0) is 12.1 Å². The second kappa shape index (κ2) is 5.72. The van der Waals surface area contributed by atoms with Crippen LogP contribution in [0.1, 0.15) is 5.56 Å². The maximum atomic E-state index is 9.28. The first-order valence-electron chi connectivity index (χ1n) is 6.81. The number of benzene rings is 1. The summed E-state index contributed by atoms with van der Waals surface area (Å²) in [4.78, 5) is 6.90. The van der Waals surface area contributed by atoms with E-state index in [1.807, 2.05) is 42.5 Å². The van der Waals surface area contributed by atoms with E-state index in [0.29, 0.717) is 5.56 Å². The van der Waals surface area contributed by atoms with Gasteiger partial charge in [-0.25, -0.2) is 4.98 Å². The molecule has 1 saturated heterocycles. The van der Waals surface area contributed by atoms with Crippen LogP contribution in [0.4, 0.5) is 5.82 Å². The summed E-state index contributed by atoms with van der Waals surface area (Å²) in [6, 6.07) is 16.1. The summed E-state index contributed by atoms with van der Waals surface area (Å²) < 4.78 is 0. The molecule has 3 rings (SSSR count). The molecule has 100 valence electrons. The molecule has 1 N–H and O–H groups in total. The van der Waals surface area contributed by atoms with E-state index in [0.717, 1.165) is 43.3 Å². The lowest BCUT2D eigenvalue weighted by atomic mass is 10.1. The Balaban J connectivity index is 2.01. The Hall–Kier alpha value is -2.38. The molecule has 20 heavy (non-hydrogen) atoms. The first-order valence-corrected chi connectivity index (χ1v) is 6.81. The van der Waals surface area contributed by atoms with Gasteiger partial charge in [-0.1, -0.05) is 30.3 Å². The average Bonchev–Trinajstić information content (AvgIpc) is 2.56. The number of rotatable bonds is 2. The van der Waals surface area contributed by atoms with Crippen LogP contribution in [0.3, 0.4) is 0 Å². The third kappa shape index (κ3) is 2.49. The molecule has 1 fully saturated rings. The molecule has 0 spiro atoms. The summed E-state index contributed by atoms with van der Waals surface area (Å²) in [5.41, 5.74) is 2.64. The van der Waals surface area contributed by atoms with E-state index < -0.39 is 0 Å². The van der Waals surface area contributed by atoms with Crippen molar-refractivity contribution >= 4 is 5.82 Å². The third-order valence-electron chi connectivity index (χ3n) is 3.48. The number of nitrogens with one attached hydrogen (secondary N) is 1. The molecule has 2 aromatic rings. The quantitative estimate of drug-likeness (QED) is 0.901. The van der Waals surface area contributed by atoms with Gasteiger partial charge >= 0.3 is 0 Å². The monoisotopic (exact) mass is 264 g/mol. The molecule has 2 heterocycles. The number of hydrogen-bond acceptors (Lipinski definition) is 4. The Morgan fingerprint density at radius 3 is 2.50 bits per heavy atom. The lowest BCUT2D eigenvalue weighted by molar-refractivity contribution is 0.585. The van der Waals surface area contributed by atoms with Gasteiger partial charge in [0.1, 0.15) is 11.9 Å². The molecule has 0 atom stereocenters. The molecule has 1 aliphatic heterocycles. The summed E-state index contributed by atoms with van der Waals surface area (Å²) in [6.07, 6.45) is 0. The number of piperazine rings is 1. The lowest BCUT2D eigenvalue weighted by Gasteiger charge is -2.29. The van der Waals surface area contributed by atoms with Crippen LogP contribution in [0, 0.1) is 11.3 Å². The topological polar surface area (TPSA) is 52.0 Å². The van der Waals surface area contributed by atoms with Crippen LogP contribution in [0.25, 0.3) is 11.3 Å². The van der Waals surface area contributed by atoms with Gasteiger partial charge in [-0.3, -0.25) is 0 Å². The van der Waals surface area contributed by atoms with Gasteiger partial charge in [0.05, 0.1) is 11.3 Å². The maximum absolute atomic E-state index is 9.28. The number of nitriles is 1. The zero-order valence-electron chi connectivity index (χ0n) is 11.2. The molecule has 0 amide bonds. The van der Waals surface area contributed by atoms with Gasteiger partial charge in [0, 0.05) is 31.7 Å². The second-order valence-corrected chi connectivity index (χ2v) is 4.78. The van der Waals surface area contributed by atoms with Gasteiger partial charge in [-0.15, -0.1) is 0 Å². The molecule has 4 heteroatoms. The van der Waals surface area contributed by atoms with Gasteiger partial charge < -0.3 is 10.2 Å². The van der Waals surface area contributed by atoms with E-state index >= 15 is 0 Å². The minimum atomic E-state index is 0.645. The highest BCUT2D eigenvalue weighted by atomic mass is 15.2. The molecule has 0 bridgehead atoms. The Morgan fingerprint density at radius 2 is 1.80 bits per heavy atom. The van der Waals surface area contributed by atoms with Gasteiger partial charge in [0.15, 0.2) is 0 Å². The summed E-state index contributed by atoms with van der Waals surface area (Å²) in [5.74, 6) is 0.801. The summed E-state index contributed by atoms with van der Waals surface area (Å²) in [6.45, 7) is 3.64. The molecule has 0 unspecified atom stereocenters. The zero-order chi connectivity index (χ0) is 13.8. The molecule has 0 aliphatic carbocycles. The molecule has 1 aromatic carbocycles. The molecule has 0 saturated carbocycles. The Labute approximate surface area is 118 Å². The summed E-state index contributed by atoms with van der Waals surface area (Å²) in [5, 5.41) is 12.6. The minimum absolute atomic E-state index is 0.645. The van der Waals surface area contributed by atoms with Gasteiger partial charge in [0.25, 0.3) is 0 Å². The normalized spacial score (nSPS) is 14.8. The molecule has 4 nitrogen and oxygen atoms in total. The predicted octanol–water partition coefficient (Wildman–Crippen LogP) is 2.03. The first kappa shape index (κ1) is 12.6. The van der Waals surface area contributed by atoms with Crippen molar-refractivity contribution in [3.05, 3.63) is 48.0 Å². The van der Waals surface area contributed by atoms with Crippen LogP contribution in [0.2, 0.25) is 0 Å². The summed E-state index contributed by atoms with van der Waals surface area (Å²) >= 11 is 0. The van der Waals surface area contributed by atoms with Crippen LogP contribution in [0.5, 0.6) is 0 Å². The predicted molar refractivity (Wildman–Crippen MR) is 79.5 cm³/mol. The smallest absolute Gasteiger partial charge is 0.147 e. The van der Waals surface area contributed by atoms with Crippen LogP contribution >= 0.6 is 0 Å². The van der Waals surface area contributed by atoms with Crippen molar-refractivity contribution < 1.29 is 0 Å². The first-order chi connectivity index (χ1) is 9.88. The SMILES string of the molecule is N#Cc1ccc(-c2ccccc2)nc1N1CCNCC1. The highest BCUT2D eigenvalue weighted by Crippen LogP contribution is 2.24. The largest absolute Gasteiger partial charge is 0.353 e. The highest BCUT2D eigenvalue weighted by molar-refractivity contribution is 5.65. The molecule has 1 aliphatic rings. The lowest BCUT2D eigenvalue weighted by Crippen LogP contribution is -2.44. The number of hydrogen-bond donors (Lipinski definition) is 1. The van der Waals surface area contributed by atoms with E-state index in [2.05, 4.69) is 16.3 Å². The van der Waals surface area contributed by atoms with Crippen molar-refractivity contribution in [3.63, 3.8) is 0 Å². The average molecular weight is 264 g/mol. The van der Waals surface area contributed by atoms with Gasteiger partial charge in [0.2, 0.25) is 0 Å². The van der Waals surface area contributed by atoms with Crippen molar-refractivity contribution in [2.45, 2.75) is 0 Å². The number of anilines is 1.